The predicted octanol–water partition coefficient (Wildman–Crippen LogP) is 2.98. The molecule has 0 aromatic heterocycles. The van der Waals surface area contributed by atoms with Gasteiger partial charge >= 0.3 is 0 Å². The molecule has 0 spiro atoms. The normalized spacial score (nSPS) is 17.0. The molecule has 4 heteroatoms. The van der Waals surface area contributed by atoms with Crippen LogP contribution in [-0.2, 0) is 0 Å². The Balaban J connectivity index is 2.03. The van der Waals surface area contributed by atoms with Crippen LogP contribution in [0, 0.1) is 0 Å². The topological polar surface area (TPSA) is 30.5 Å². The van der Waals surface area contributed by atoms with Gasteiger partial charge in [0.1, 0.15) is 0 Å². The zero-order valence-corrected chi connectivity index (χ0v) is 15.2. The van der Waals surface area contributed by atoms with Crippen LogP contribution >= 0.6 is 0 Å². The molecule has 22 heavy (non-hydrogen) atoms. The van der Waals surface area contributed by atoms with E-state index in [0.717, 1.165) is 6.54 Å². The summed E-state index contributed by atoms with van der Waals surface area (Å²) in [5.41, 5.74) is 4.78. The van der Waals surface area contributed by atoms with E-state index in [1.165, 1.54) is 83.2 Å². The second-order valence-corrected chi connectivity index (χ2v) is 6.50. The maximum Gasteiger partial charge on any atom is 0.0337 e. The van der Waals surface area contributed by atoms with E-state index in [-0.39, 0.29) is 0 Å². The lowest BCUT2D eigenvalue weighted by molar-refractivity contribution is 0.234. The molecule has 0 amide bonds. The maximum absolute atomic E-state index is 3.41. The van der Waals surface area contributed by atoms with Crippen molar-refractivity contribution in [2.24, 2.45) is 0 Å². The van der Waals surface area contributed by atoms with Crippen LogP contribution in [0.25, 0.3) is 0 Å². The van der Waals surface area contributed by atoms with Gasteiger partial charge in [0.15, 0.2) is 0 Å². The molecule has 4 nitrogen and oxygen atoms in total. The molecule has 1 rings (SSSR count). The summed E-state index contributed by atoms with van der Waals surface area (Å²) in [6, 6.07) is 0. The van der Waals surface area contributed by atoms with Crippen LogP contribution in [0.15, 0.2) is 11.8 Å². The summed E-state index contributed by atoms with van der Waals surface area (Å²) in [6.07, 6.45) is 11.4. The van der Waals surface area contributed by atoms with Crippen molar-refractivity contribution < 1.29 is 0 Å². The minimum atomic E-state index is 1.12. The molecule has 1 fully saturated rings. The zero-order valence-electron chi connectivity index (χ0n) is 15.2. The van der Waals surface area contributed by atoms with Crippen molar-refractivity contribution in [2.45, 2.75) is 58.8 Å². The first-order valence-electron chi connectivity index (χ1n) is 9.30. The van der Waals surface area contributed by atoms with E-state index in [0.29, 0.717) is 0 Å². The average Bonchev–Trinajstić information content (AvgIpc) is 2.55. The van der Waals surface area contributed by atoms with Gasteiger partial charge in [-0.3, -0.25) is 0 Å². The summed E-state index contributed by atoms with van der Waals surface area (Å²) in [4.78, 5) is 2.59. The number of nitrogens with one attached hydrogen (secondary N) is 2. The Morgan fingerprint density at radius 3 is 2.55 bits per heavy atom. The van der Waals surface area contributed by atoms with Crippen LogP contribution in [0.1, 0.15) is 58.8 Å². The molecule has 1 heterocycles. The number of hydrazine groups is 1. The highest BCUT2D eigenvalue weighted by molar-refractivity contribution is 4.96. The summed E-state index contributed by atoms with van der Waals surface area (Å²) >= 11 is 0. The van der Waals surface area contributed by atoms with E-state index in [9.17, 15) is 0 Å². The quantitative estimate of drug-likeness (QED) is 0.428. The Bertz CT molecular complexity index is 285. The van der Waals surface area contributed by atoms with E-state index in [4.69, 9.17) is 0 Å². The third-order valence-electron chi connectivity index (χ3n) is 4.42. The molecule has 1 aliphatic heterocycles. The summed E-state index contributed by atoms with van der Waals surface area (Å²) in [7, 11) is 2.02. The molecular formula is C18H38N4. The SMILES string of the molecule is CCCC/C(C)=C/N(CCCCCCN1CCNCC1)NC. The van der Waals surface area contributed by atoms with Crippen LogP contribution in [0.4, 0.5) is 0 Å². The fraction of sp³-hybridized carbons (Fsp3) is 0.889. The Labute approximate surface area is 138 Å². The summed E-state index contributed by atoms with van der Waals surface area (Å²) < 4.78 is 0. The van der Waals surface area contributed by atoms with Gasteiger partial charge in [-0.2, -0.15) is 0 Å². The van der Waals surface area contributed by atoms with Crippen LogP contribution < -0.4 is 10.7 Å². The minimum absolute atomic E-state index is 1.12. The van der Waals surface area contributed by atoms with Gasteiger partial charge in [0.05, 0.1) is 0 Å². The smallest absolute Gasteiger partial charge is 0.0337 e. The van der Waals surface area contributed by atoms with Gasteiger partial charge in [0.25, 0.3) is 0 Å². The van der Waals surface area contributed by atoms with Crippen molar-refractivity contribution in [3.63, 3.8) is 0 Å². The van der Waals surface area contributed by atoms with Crippen molar-refractivity contribution >= 4 is 0 Å². The number of allylic oxidation sites excluding steroid dienone is 1. The molecule has 0 saturated carbocycles. The molecule has 1 aliphatic rings. The number of rotatable bonds is 12. The molecule has 0 unspecified atom stereocenters. The van der Waals surface area contributed by atoms with Crippen LogP contribution in [0.5, 0.6) is 0 Å². The van der Waals surface area contributed by atoms with Gasteiger partial charge in [-0.25, -0.2) is 5.43 Å². The average molecular weight is 311 g/mol. The monoisotopic (exact) mass is 310 g/mol. The molecule has 0 aliphatic carbocycles. The molecule has 2 N–H and O–H groups in total. The van der Waals surface area contributed by atoms with Crippen LogP contribution in [0.3, 0.4) is 0 Å². The van der Waals surface area contributed by atoms with Gasteiger partial charge < -0.3 is 15.2 Å². The molecule has 1 saturated heterocycles. The Morgan fingerprint density at radius 1 is 1.14 bits per heavy atom. The lowest BCUT2D eigenvalue weighted by Crippen LogP contribution is -2.43. The number of hydrogen-bond acceptors (Lipinski definition) is 4. The molecule has 0 bridgehead atoms. The highest BCUT2D eigenvalue weighted by Gasteiger charge is 2.08. The van der Waals surface area contributed by atoms with Gasteiger partial charge in [0.2, 0.25) is 0 Å². The van der Waals surface area contributed by atoms with Crippen molar-refractivity contribution in [3.05, 3.63) is 11.8 Å². The van der Waals surface area contributed by atoms with Crippen molar-refractivity contribution in [1.82, 2.24) is 20.7 Å². The lowest BCUT2D eigenvalue weighted by atomic mass is 10.1. The predicted molar refractivity (Wildman–Crippen MR) is 96.8 cm³/mol. The molecule has 0 aromatic carbocycles. The highest BCUT2D eigenvalue weighted by atomic mass is 15.5. The minimum Gasteiger partial charge on any atom is -0.316 e. The molecule has 0 radical (unpaired) electrons. The van der Waals surface area contributed by atoms with Crippen molar-refractivity contribution in [3.8, 4) is 0 Å². The second kappa shape index (κ2) is 12.9. The van der Waals surface area contributed by atoms with Crippen molar-refractivity contribution in [2.75, 3.05) is 46.3 Å². The summed E-state index contributed by atoms with van der Waals surface area (Å²) in [5, 5.41) is 5.66. The summed E-state index contributed by atoms with van der Waals surface area (Å²) in [5.74, 6) is 0. The van der Waals surface area contributed by atoms with E-state index in [1.807, 2.05) is 7.05 Å². The molecule has 130 valence electrons. The third-order valence-corrected chi connectivity index (χ3v) is 4.42. The van der Waals surface area contributed by atoms with E-state index in [1.54, 1.807) is 0 Å². The molecule has 0 aromatic rings. The number of piperazine rings is 1. The fourth-order valence-corrected chi connectivity index (χ4v) is 2.93. The second-order valence-electron chi connectivity index (χ2n) is 6.50. The lowest BCUT2D eigenvalue weighted by Gasteiger charge is -2.27. The van der Waals surface area contributed by atoms with Gasteiger partial charge in [0, 0.05) is 46.0 Å². The van der Waals surface area contributed by atoms with Gasteiger partial charge in [-0.15, -0.1) is 0 Å². The van der Waals surface area contributed by atoms with Crippen LogP contribution in [0.2, 0.25) is 0 Å². The van der Waals surface area contributed by atoms with E-state index in [2.05, 4.69) is 40.7 Å². The maximum atomic E-state index is 3.41. The van der Waals surface area contributed by atoms with Gasteiger partial charge in [-0.05, 0) is 39.2 Å². The largest absolute Gasteiger partial charge is 0.316 e. The number of hydrogen-bond donors (Lipinski definition) is 2. The van der Waals surface area contributed by atoms with Crippen molar-refractivity contribution in [1.29, 1.82) is 0 Å². The standard InChI is InChI=1S/C18H38N4/c1-4-5-10-18(2)17-22(19-3)14-9-7-6-8-13-21-15-11-20-12-16-21/h17,19-20H,4-16H2,1-3H3/b18-17+. The van der Waals surface area contributed by atoms with E-state index >= 15 is 0 Å². The Kier molecular flexibility index (Phi) is 11.4. The Morgan fingerprint density at radius 2 is 1.86 bits per heavy atom. The highest BCUT2D eigenvalue weighted by Crippen LogP contribution is 2.08. The first-order valence-corrected chi connectivity index (χ1v) is 9.30. The van der Waals surface area contributed by atoms with Crippen LogP contribution in [-0.4, -0.2) is 56.2 Å². The number of nitrogens with zero attached hydrogens (tertiary/aromatic N) is 2. The third kappa shape index (κ3) is 9.44. The molecular weight excluding hydrogens is 272 g/mol. The first kappa shape index (κ1) is 19.5. The number of unbranched alkanes of at least 4 members (excludes halogenated alkanes) is 4. The first-order chi connectivity index (χ1) is 10.8. The van der Waals surface area contributed by atoms with E-state index < -0.39 is 0 Å². The zero-order chi connectivity index (χ0) is 16.0. The van der Waals surface area contributed by atoms with Gasteiger partial charge in [-0.1, -0.05) is 31.8 Å². The summed E-state index contributed by atoms with van der Waals surface area (Å²) in [6.45, 7) is 11.7. The fourth-order valence-electron chi connectivity index (χ4n) is 2.93. The Hall–Kier alpha value is -0.580. The molecule has 0 atom stereocenters.